The summed E-state index contributed by atoms with van der Waals surface area (Å²) in [6, 6.07) is 10.1. The van der Waals surface area contributed by atoms with Crippen LogP contribution in [0.4, 0.5) is 5.69 Å². The highest BCUT2D eigenvalue weighted by molar-refractivity contribution is 5.95. The first-order valence-electron chi connectivity index (χ1n) is 6.98. The topological polar surface area (TPSA) is 35.6 Å². The maximum Gasteiger partial charge on any atom is 0.241 e. The number of halogens is 2. The SMILES string of the molecule is CC(C)N(C(=O)CN1CCNCC1)c1ccccc1.Cl.Cl. The van der Waals surface area contributed by atoms with Crippen molar-refractivity contribution in [3.05, 3.63) is 30.3 Å². The summed E-state index contributed by atoms with van der Waals surface area (Å²) in [5.41, 5.74) is 0.984. The molecule has 6 heteroatoms. The van der Waals surface area contributed by atoms with E-state index in [0.717, 1.165) is 31.9 Å². The molecule has 0 saturated carbocycles. The fourth-order valence-electron chi connectivity index (χ4n) is 2.46. The molecule has 0 aromatic heterocycles. The largest absolute Gasteiger partial charge is 0.314 e. The molecule has 1 heterocycles. The molecule has 21 heavy (non-hydrogen) atoms. The van der Waals surface area contributed by atoms with E-state index >= 15 is 0 Å². The van der Waals surface area contributed by atoms with E-state index in [2.05, 4.69) is 24.1 Å². The maximum atomic E-state index is 12.5. The molecular weight excluding hydrogens is 309 g/mol. The number of nitrogens with one attached hydrogen (secondary N) is 1. The second kappa shape index (κ2) is 10.0. The number of nitrogens with zero attached hydrogens (tertiary/aromatic N) is 2. The number of para-hydroxylation sites is 1. The van der Waals surface area contributed by atoms with Crippen molar-refractivity contribution in [3.8, 4) is 0 Å². The van der Waals surface area contributed by atoms with Crippen LogP contribution in [0, 0.1) is 0 Å². The second-order valence-electron chi connectivity index (χ2n) is 5.22. The van der Waals surface area contributed by atoms with Crippen molar-refractivity contribution in [2.45, 2.75) is 19.9 Å². The molecule has 1 aliphatic rings. The molecule has 0 bridgehead atoms. The minimum atomic E-state index is 0. The Morgan fingerprint density at radius 3 is 2.29 bits per heavy atom. The fourth-order valence-corrected chi connectivity index (χ4v) is 2.46. The zero-order valence-electron chi connectivity index (χ0n) is 12.6. The van der Waals surface area contributed by atoms with Gasteiger partial charge in [0.15, 0.2) is 0 Å². The van der Waals surface area contributed by atoms with Crippen molar-refractivity contribution in [2.24, 2.45) is 0 Å². The molecule has 1 amide bonds. The predicted molar refractivity (Wildman–Crippen MR) is 92.9 cm³/mol. The first-order chi connectivity index (χ1) is 9.18. The van der Waals surface area contributed by atoms with E-state index < -0.39 is 0 Å². The molecule has 4 nitrogen and oxygen atoms in total. The van der Waals surface area contributed by atoms with Gasteiger partial charge in [-0.25, -0.2) is 0 Å². The summed E-state index contributed by atoms with van der Waals surface area (Å²) in [5.74, 6) is 0.183. The van der Waals surface area contributed by atoms with Gasteiger partial charge in [0.25, 0.3) is 0 Å². The highest BCUT2D eigenvalue weighted by Crippen LogP contribution is 2.17. The van der Waals surface area contributed by atoms with Gasteiger partial charge in [0.05, 0.1) is 6.54 Å². The van der Waals surface area contributed by atoms with Gasteiger partial charge in [0.2, 0.25) is 5.91 Å². The van der Waals surface area contributed by atoms with Gasteiger partial charge in [0, 0.05) is 37.9 Å². The molecular formula is C15H25Cl2N3O. The van der Waals surface area contributed by atoms with Gasteiger partial charge >= 0.3 is 0 Å². The zero-order chi connectivity index (χ0) is 13.7. The smallest absolute Gasteiger partial charge is 0.241 e. The Morgan fingerprint density at radius 2 is 1.76 bits per heavy atom. The van der Waals surface area contributed by atoms with Crippen LogP contribution in [0.5, 0.6) is 0 Å². The number of carbonyl (C=O) groups is 1. The van der Waals surface area contributed by atoms with Crippen molar-refractivity contribution >= 4 is 36.4 Å². The number of piperazine rings is 1. The molecule has 1 aliphatic heterocycles. The number of hydrogen-bond donors (Lipinski definition) is 1. The minimum absolute atomic E-state index is 0. The maximum absolute atomic E-state index is 12.5. The van der Waals surface area contributed by atoms with Crippen LogP contribution in [0.25, 0.3) is 0 Å². The monoisotopic (exact) mass is 333 g/mol. The molecule has 0 aliphatic carbocycles. The number of amides is 1. The second-order valence-corrected chi connectivity index (χ2v) is 5.22. The van der Waals surface area contributed by atoms with Gasteiger partial charge in [-0.05, 0) is 26.0 Å². The van der Waals surface area contributed by atoms with Crippen LogP contribution in [0.2, 0.25) is 0 Å². The summed E-state index contributed by atoms with van der Waals surface area (Å²) in [7, 11) is 0. The van der Waals surface area contributed by atoms with Crippen molar-refractivity contribution in [1.29, 1.82) is 0 Å². The molecule has 0 radical (unpaired) electrons. The van der Waals surface area contributed by atoms with E-state index in [-0.39, 0.29) is 36.8 Å². The summed E-state index contributed by atoms with van der Waals surface area (Å²) in [6.45, 7) is 8.47. The van der Waals surface area contributed by atoms with E-state index in [4.69, 9.17) is 0 Å². The normalized spacial score (nSPS) is 15.0. The Labute approximate surface area is 139 Å². The Bertz CT molecular complexity index is 409. The van der Waals surface area contributed by atoms with Crippen LogP contribution in [0.15, 0.2) is 30.3 Å². The van der Waals surface area contributed by atoms with Crippen LogP contribution in [-0.4, -0.2) is 49.6 Å². The summed E-state index contributed by atoms with van der Waals surface area (Å²) >= 11 is 0. The number of anilines is 1. The van der Waals surface area contributed by atoms with Gasteiger partial charge in [-0.2, -0.15) is 0 Å². The minimum Gasteiger partial charge on any atom is -0.314 e. The Morgan fingerprint density at radius 1 is 1.19 bits per heavy atom. The van der Waals surface area contributed by atoms with Crippen molar-refractivity contribution in [3.63, 3.8) is 0 Å². The van der Waals surface area contributed by atoms with E-state index in [1.54, 1.807) is 0 Å². The van der Waals surface area contributed by atoms with Crippen LogP contribution < -0.4 is 10.2 Å². The molecule has 1 aromatic rings. The van der Waals surface area contributed by atoms with E-state index in [1.807, 2.05) is 35.2 Å². The van der Waals surface area contributed by atoms with Crippen LogP contribution in [0.1, 0.15) is 13.8 Å². The zero-order valence-corrected chi connectivity index (χ0v) is 14.3. The average molecular weight is 334 g/mol. The first-order valence-corrected chi connectivity index (χ1v) is 6.98. The lowest BCUT2D eigenvalue weighted by Gasteiger charge is -2.32. The fraction of sp³-hybridized carbons (Fsp3) is 0.533. The van der Waals surface area contributed by atoms with Gasteiger partial charge in [-0.15, -0.1) is 24.8 Å². The van der Waals surface area contributed by atoms with E-state index in [0.29, 0.717) is 6.54 Å². The molecule has 1 N–H and O–H groups in total. The van der Waals surface area contributed by atoms with Gasteiger partial charge in [-0.3, -0.25) is 9.69 Å². The first kappa shape index (κ1) is 20.2. The van der Waals surface area contributed by atoms with Crippen molar-refractivity contribution in [2.75, 3.05) is 37.6 Å². The number of rotatable bonds is 4. The number of benzene rings is 1. The molecule has 1 fully saturated rings. The third kappa shape index (κ3) is 5.83. The molecule has 2 rings (SSSR count). The quantitative estimate of drug-likeness (QED) is 0.917. The van der Waals surface area contributed by atoms with Crippen LogP contribution >= 0.6 is 24.8 Å². The molecule has 1 aromatic carbocycles. The summed E-state index contributed by atoms with van der Waals surface area (Å²) < 4.78 is 0. The van der Waals surface area contributed by atoms with Gasteiger partial charge in [0.1, 0.15) is 0 Å². The highest BCUT2D eigenvalue weighted by Gasteiger charge is 2.22. The Kier molecular flexibility index (Phi) is 9.62. The Hall–Kier alpha value is -0.810. The summed E-state index contributed by atoms with van der Waals surface area (Å²) in [6.07, 6.45) is 0. The third-order valence-electron chi connectivity index (χ3n) is 3.39. The standard InChI is InChI=1S/C15H23N3O.2ClH/c1-13(2)18(14-6-4-3-5-7-14)15(19)12-17-10-8-16-9-11-17;;/h3-7,13,16H,8-12H2,1-2H3;2*1H. The molecule has 1 saturated heterocycles. The Balaban J connectivity index is 0.00000200. The number of carbonyl (C=O) groups excluding carboxylic acids is 1. The lowest BCUT2D eigenvalue weighted by atomic mass is 10.2. The number of hydrogen-bond acceptors (Lipinski definition) is 3. The van der Waals surface area contributed by atoms with Crippen molar-refractivity contribution < 1.29 is 4.79 Å². The summed E-state index contributed by atoms with van der Waals surface area (Å²) in [5, 5.41) is 3.31. The lowest BCUT2D eigenvalue weighted by Crippen LogP contribution is -2.49. The van der Waals surface area contributed by atoms with E-state index in [1.165, 1.54) is 0 Å². The highest BCUT2D eigenvalue weighted by atomic mass is 35.5. The van der Waals surface area contributed by atoms with Crippen LogP contribution in [0.3, 0.4) is 0 Å². The van der Waals surface area contributed by atoms with Crippen LogP contribution in [-0.2, 0) is 4.79 Å². The molecule has 0 unspecified atom stereocenters. The van der Waals surface area contributed by atoms with E-state index in [9.17, 15) is 4.79 Å². The van der Waals surface area contributed by atoms with Gasteiger partial charge < -0.3 is 10.2 Å². The molecule has 0 atom stereocenters. The molecule has 120 valence electrons. The van der Waals surface area contributed by atoms with Gasteiger partial charge in [-0.1, -0.05) is 18.2 Å². The summed E-state index contributed by atoms with van der Waals surface area (Å²) in [4.78, 5) is 16.6. The lowest BCUT2D eigenvalue weighted by molar-refractivity contribution is -0.120. The predicted octanol–water partition coefficient (Wildman–Crippen LogP) is 2.18. The third-order valence-corrected chi connectivity index (χ3v) is 3.39. The van der Waals surface area contributed by atoms with Crippen molar-refractivity contribution in [1.82, 2.24) is 10.2 Å². The molecule has 0 spiro atoms. The average Bonchev–Trinajstić information content (AvgIpc) is 2.40.